The number of aryl methyl sites for hydroxylation is 1. The van der Waals surface area contributed by atoms with E-state index >= 15 is 0 Å². The van der Waals surface area contributed by atoms with Crippen LogP contribution in [0.5, 0.6) is 5.75 Å². The maximum Gasteiger partial charge on any atom is 0.243 e. The molecular formula is C30H43N3O5S. The van der Waals surface area contributed by atoms with Crippen LogP contribution < -0.4 is 14.4 Å². The minimum absolute atomic E-state index is 0.120. The molecule has 0 unspecified atom stereocenters. The number of carbonyl (C=O) groups excluding carboxylic acids is 2. The first-order valence-electron chi connectivity index (χ1n) is 13.9. The van der Waals surface area contributed by atoms with E-state index < -0.39 is 16.1 Å². The Labute approximate surface area is 233 Å². The lowest BCUT2D eigenvalue weighted by atomic mass is 9.95. The quantitative estimate of drug-likeness (QED) is 0.382. The molecule has 0 heterocycles. The summed E-state index contributed by atoms with van der Waals surface area (Å²) in [5.74, 6) is 0.377. The maximum absolute atomic E-state index is 13.7. The Kier molecular flexibility index (Phi) is 11.2. The number of nitrogens with one attached hydrogen (secondary N) is 1. The van der Waals surface area contributed by atoms with E-state index in [1.807, 2.05) is 50.2 Å². The van der Waals surface area contributed by atoms with E-state index in [0.29, 0.717) is 24.3 Å². The van der Waals surface area contributed by atoms with Crippen molar-refractivity contribution in [2.75, 3.05) is 24.2 Å². The third kappa shape index (κ3) is 8.71. The summed E-state index contributed by atoms with van der Waals surface area (Å²) in [6, 6.07) is 14.3. The summed E-state index contributed by atoms with van der Waals surface area (Å²) in [5, 5.41) is 3.19. The van der Waals surface area contributed by atoms with E-state index in [1.165, 1.54) is 17.0 Å². The highest BCUT2D eigenvalue weighted by Gasteiger charge is 2.30. The van der Waals surface area contributed by atoms with Gasteiger partial charge in [0, 0.05) is 25.6 Å². The zero-order valence-electron chi connectivity index (χ0n) is 23.7. The van der Waals surface area contributed by atoms with E-state index in [-0.39, 0.29) is 37.4 Å². The van der Waals surface area contributed by atoms with E-state index in [0.717, 1.165) is 36.8 Å². The molecule has 9 heteroatoms. The number of nitrogens with zero attached hydrogens (tertiary/aromatic N) is 2. The molecule has 2 aromatic carbocycles. The molecule has 0 spiro atoms. The molecule has 1 aliphatic rings. The van der Waals surface area contributed by atoms with Crippen molar-refractivity contribution >= 4 is 27.5 Å². The van der Waals surface area contributed by atoms with E-state index in [1.54, 1.807) is 24.1 Å². The second-order valence-electron chi connectivity index (χ2n) is 10.4. The molecule has 0 bridgehead atoms. The van der Waals surface area contributed by atoms with Crippen molar-refractivity contribution in [3.05, 3.63) is 59.7 Å². The monoisotopic (exact) mass is 557 g/mol. The van der Waals surface area contributed by atoms with Gasteiger partial charge in [0.1, 0.15) is 11.8 Å². The predicted molar refractivity (Wildman–Crippen MR) is 155 cm³/mol. The third-order valence-corrected chi connectivity index (χ3v) is 8.54. The fourth-order valence-electron chi connectivity index (χ4n) is 5.26. The Morgan fingerprint density at radius 1 is 1.08 bits per heavy atom. The Hall–Kier alpha value is -3.07. The smallest absolute Gasteiger partial charge is 0.243 e. The van der Waals surface area contributed by atoms with Gasteiger partial charge in [-0.1, -0.05) is 56.5 Å². The molecule has 214 valence electrons. The Bertz CT molecular complexity index is 1210. The molecular weight excluding hydrogens is 514 g/mol. The highest BCUT2D eigenvalue weighted by atomic mass is 32.2. The second kappa shape index (κ2) is 14.4. The van der Waals surface area contributed by atoms with Gasteiger partial charge >= 0.3 is 0 Å². The number of rotatable bonds is 13. The van der Waals surface area contributed by atoms with Crippen molar-refractivity contribution in [3.8, 4) is 5.75 Å². The summed E-state index contributed by atoms with van der Waals surface area (Å²) in [6.07, 6.45) is 7.43. The number of benzene rings is 2. The first kappa shape index (κ1) is 30.5. The van der Waals surface area contributed by atoms with Crippen LogP contribution >= 0.6 is 0 Å². The maximum atomic E-state index is 13.7. The molecule has 0 radical (unpaired) electrons. The van der Waals surface area contributed by atoms with Gasteiger partial charge in [-0.2, -0.15) is 0 Å². The van der Waals surface area contributed by atoms with Gasteiger partial charge in [-0.3, -0.25) is 13.9 Å². The summed E-state index contributed by atoms with van der Waals surface area (Å²) in [6.45, 7) is 4.22. The molecule has 2 aromatic rings. The van der Waals surface area contributed by atoms with Crippen molar-refractivity contribution in [3.63, 3.8) is 0 Å². The molecule has 1 saturated carbocycles. The van der Waals surface area contributed by atoms with E-state index in [4.69, 9.17) is 4.74 Å². The molecule has 1 atom stereocenters. The first-order chi connectivity index (χ1) is 18.6. The van der Waals surface area contributed by atoms with Crippen LogP contribution in [0, 0.1) is 6.92 Å². The van der Waals surface area contributed by atoms with Crippen LogP contribution in [0.2, 0.25) is 0 Å². The standard InChI is InChI=1S/C30H43N3O5S/c1-5-27(30(35)31-25-15-7-6-8-16-25)32(22-24-14-11-17-26(21-24)38-3)29(34)19-12-20-33(39(4,36)37)28-18-10-9-13-23(28)2/h9-11,13-14,17-18,21,25,27H,5-8,12,15-16,19-20,22H2,1-4H3,(H,31,35)/t27-/m1/s1. The fraction of sp³-hybridized carbons (Fsp3) is 0.533. The summed E-state index contributed by atoms with van der Waals surface area (Å²) >= 11 is 0. The lowest BCUT2D eigenvalue weighted by Gasteiger charge is -2.33. The van der Waals surface area contributed by atoms with Crippen LogP contribution in [0.3, 0.4) is 0 Å². The van der Waals surface area contributed by atoms with Crippen LogP contribution in [0.1, 0.15) is 69.4 Å². The number of methoxy groups -OCH3 is 1. The van der Waals surface area contributed by atoms with Crippen molar-refractivity contribution in [1.82, 2.24) is 10.2 Å². The summed E-state index contributed by atoms with van der Waals surface area (Å²) < 4.78 is 31.9. The SMILES string of the molecule is CC[C@H](C(=O)NC1CCCCC1)N(Cc1cccc(OC)c1)C(=O)CCCN(c1ccccc1C)S(C)(=O)=O. The highest BCUT2D eigenvalue weighted by Crippen LogP contribution is 2.24. The van der Waals surface area contributed by atoms with E-state index in [9.17, 15) is 18.0 Å². The van der Waals surface area contributed by atoms with Crippen molar-refractivity contribution < 1.29 is 22.7 Å². The summed E-state index contributed by atoms with van der Waals surface area (Å²) in [4.78, 5) is 28.7. The Morgan fingerprint density at radius 3 is 2.44 bits per heavy atom. The molecule has 1 fully saturated rings. The van der Waals surface area contributed by atoms with E-state index in [2.05, 4.69) is 5.32 Å². The number of hydrogen-bond acceptors (Lipinski definition) is 5. The van der Waals surface area contributed by atoms with Crippen LogP contribution in [0.15, 0.2) is 48.5 Å². The van der Waals surface area contributed by atoms with Crippen molar-refractivity contribution in [1.29, 1.82) is 0 Å². The Morgan fingerprint density at radius 2 is 1.79 bits per heavy atom. The van der Waals surface area contributed by atoms with Crippen LogP contribution in [0.25, 0.3) is 0 Å². The molecule has 0 aliphatic heterocycles. The minimum Gasteiger partial charge on any atom is -0.497 e. The number of para-hydroxylation sites is 1. The van der Waals surface area contributed by atoms with Crippen LogP contribution in [-0.4, -0.2) is 57.1 Å². The van der Waals surface area contributed by atoms with Crippen LogP contribution in [-0.2, 0) is 26.2 Å². The number of sulfonamides is 1. The van der Waals surface area contributed by atoms with Gasteiger partial charge in [0.2, 0.25) is 21.8 Å². The van der Waals surface area contributed by atoms with Gasteiger partial charge in [0.25, 0.3) is 0 Å². The molecule has 2 amide bonds. The topological polar surface area (TPSA) is 96.0 Å². The molecule has 1 N–H and O–H groups in total. The minimum atomic E-state index is -3.54. The highest BCUT2D eigenvalue weighted by molar-refractivity contribution is 7.92. The zero-order chi connectivity index (χ0) is 28.4. The Balaban J connectivity index is 1.78. The van der Waals surface area contributed by atoms with Gasteiger partial charge in [-0.25, -0.2) is 8.42 Å². The molecule has 8 nitrogen and oxygen atoms in total. The molecule has 39 heavy (non-hydrogen) atoms. The second-order valence-corrected chi connectivity index (χ2v) is 12.3. The summed E-state index contributed by atoms with van der Waals surface area (Å²) in [7, 11) is -1.94. The van der Waals surface area contributed by atoms with Crippen molar-refractivity contribution in [2.45, 2.75) is 83.8 Å². The first-order valence-corrected chi connectivity index (χ1v) is 15.7. The average Bonchev–Trinajstić information content (AvgIpc) is 2.91. The largest absolute Gasteiger partial charge is 0.497 e. The third-order valence-electron chi connectivity index (χ3n) is 7.36. The lowest BCUT2D eigenvalue weighted by molar-refractivity contribution is -0.141. The lowest BCUT2D eigenvalue weighted by Crippen LogP contribution is -2.51. The zero-order valence-corrected chi connectivity index (χ0v) is 24.5. The number of hydrogen-bond donors (Lipinski definition) is 1. The average molecular weight is 558 g/mol. The van der Waals surface area contributed by atoms with Gasteiger partial charge in [0.05, 0.1) is 19.1 Å². The number of carbonyl (C=O) groups is 2. The predicted octanol–water partition coefficient (Wildman–Crippen LogP) is 4.81. The van der Waals surface area contributed by atoms with Gasteiger partial charge in [0.15, 0.2) is 0 Å². The van der Waals surface area contributed by atoms with Gasteiger partial charge in [-0.15, -0.1) is 0 Å². The normalized spacial score (nSPS) is 14.9. The van der Waals surface area contributed by atoms with Crippen LogP contribution in [0.4, 0.5) is 5.69 Å². The van der Waals surface area contributed by atoms with Gasteiger partial charge < -0.3 is 15.0 Å². The molecule has 1 aliphatic carbocycles. The number of amides is 2. The molecule has 0 saturated heterocycles. The number of ether oxygens (including phenoxy) is 1. The van der Waals surface area contributed by atoms with Crippen molar-refractivity contribution in [2.24, 2.45) is 0 Å². The fourth-order valence-corrected chi connectivity index (χ4v) is 6.28. The molecule has 0 aromatic heterocycles. The van der Waals surface area contributed by atoms with Gasteiger partial charge in [-0.05, 0) is 61.9 Å². The number of anilines is 1. The molecule has 3 rings (SSSR count). The summed E-state index contributed by atoms with van der Waals surface area (Å²) in [5.41, 5.74) is 2.32.